The van der Waals surface area contributed by atoms with Crippen molar-refractivity contribution in [2.75, 3.05) is 26.2 Å². The van der Waals surface area contributed by atoms with E-state index in [4.69, 9.17) is 4.74 Å². The predicted octanol–water partition coefficient (Wildman–Crippen LogP) is 2.65. The lowest BCUT2D eigenvalue weighted by Gasteiger charge is -2.18. The van der Waals surface area contributed by atoms with Gasteiger partial charge in [-0.05, 0) is 62.6 Å². The summed E-state index contributed by atoms with van der Waals surface area (Å²) < 4.78 is 5.60. The largest absolute Gasteiger partial charge is 0.494 e. The van der Waals surface area contributed by atoms with E-state index in [0.717, 1.165) is 35.8 Å². The van der Waals surface area contributed by atoms with Crippen LogP contribution >= 0.6 is 0 Å². The van der Waals surface area contributed by atoms with Crippen LogP contribution in [-0.4, -0.2) is 48.9 Å². The van der Waals surface area contributed by atoms with Crippen LogP contribution in [0.3, 0.4) is 0 Å². The van der Waals surface area contributed by atoms with Crippen molar-refractivity contribution in [2.24, 2.45) is 28.7 Å². The van der Waals surface area contributed by atoms with Crippen LogP contribution in [0.15, 0.2) is 35.3 Å². The van der Waals surface area contributed by atoms with Gasteiger partial charge in [0.05, 0.1) is 25.0 Å². The lowest BCUT2D eigenvalue weighted by molar-refractivity contribution is -0.140. The highest BCUT2D eigenvalue weighted by Gasteiger charge is 2.58. The first-order valence-electron chi connectivity index (χ1n) is 11.8. The number of likely N-dealkylation sites (tertiary alicyclic amines) is 1. The Hall–Kier alpha value is -2.83. The molecule has 2 amide bonds. The number of imide groups is 1. The van der Waals surface area contributed by atoms with Crippen molar-refractivity contribution in [3.63, 3.8) is 0 Å². The first-order chi connectivity index (χ1) is 15.5. The zero-order chi connectivity index (χ0) is 22.7. The Morgan fingerprint density at radius 3 is 2.47 bits per heavy atom. The summed E-state index contributed by atoms with van der Waals surface area (Å²) in [5.41, 5.74) is 2.22. The summed E-state index contributed by atoms with van der Waals surface area (Å²) in [7, 11) is 0. The van der Waals surface area contributed by atoms with Gasteiger partial charge in [-0.25, -0.2) is 4.99 Å². The summed E-state index contributed by atoms with van der Waals surface area (Å²) in [6.45, 7) is 9.13. The third-order valence-electron chi connectivity index (χ3n) is 6.72. The molecule has 1 aromatic rings. The molecular formula is C25H34N4O3. The molecule has 0 aromatic heterocycles. The maximum atomic E-state index is 12.8. The molecule has 172 valence electrons. The highest BCUT2D eigenvalue weighted by molar-refractivity contribution is 6.06. The van der Waals surface area contributed by atoms with Crippen LogP contribution in [0, 0.1) is 30.6 Å². The fraction of sp³-hybridized carbons (Fsp3) is 0.560. The Labute approximate surface area is 190 Å². The molecule has 2 fully saturated rings. The Kier molecular flexibility index (Phi) is 6.82. The number of nitrogens with zero attached hydrogens (tertiary/aromatic N) is 2. The number of fused-ring (bicyclic) bond motifs is 5. The molecule has 7 nitrogen and oxygen atoms in total. The van der Waals surface area contributed by atoms with Gasteiger partial charge in [0.1, 0.15) is 5.75 Å². The normalized spacial score (nSPS) is 26.1. The Morgan fingerprint density at radius 2 is 1.84 bits per heavy atom. The zero-order valence-electron chi connectivity index (χ0n) is 19.3. The van der Waals surface area contributed by atoms with E-state index in [1.54, 1.807) is 0 Å². The lowest BCUT2D eigenvalue weighted by Crippen LogP contribution is -2.40. The molecule has 1 saturated carbocycles. The van der Waals surface area contributed by atoms with Gasteiger partial charge in [-0.1, -0.05) is 24.3 Å². The maximum absolute atomic E-state index is 12.8. The average molecular weight is 439 g/mol. The zero-order valence-corrected chi connectivity index (χ0v) is 19.3. The number of aliphatic imine (C=N–C) groups is 1. The van der Waals surface area contributed by atoms with Crippen LogP contribution in [-0.2, 0) is 16.1 Å². The van der Waals surface area contributed by atoms with Crippen LogP contribution in [0.25, 0.3) is 0 Å². The number of ether oxygens (including phenoxy) is 1. The second-order valence-electron chi connectivity index (χ2n) is 8.84. The predicted molar refractivity (Wildman–Crippen MR) is 124 cm³/mol. The minimum Gasteiger partial charge on any atom is -0.494 e. The monoisotopic (exact) mass is 438 g/mol. The van der Waals surface area contributed by atoms with E-state index >= 15 is 0 Å². The van der Waals surface area contributed by atoms with E-state index in [1.807, 2.05) is 32.9 Å². The molecule has 1 aliphatic heterocycles. The van der Waals surface area contributed by atoms with Crippen molar-refractivity contribution >= 4 is 17.8 Å². The van der Waals surface area contributed by atoms with Gasteiger partial charge in [0, 0.05) is 19.6 Å². The van der Waals surface area contributed by atoms with Gasteiger partial charge in [-0.3, -0.25) is 14.5 Å². The Balaban J connectivity index is 1.27. The third-order valence-corrected chi connectivity index (χ3v) is 6.72. The van der Waals surface area contributed by atoms with Crippen molar-refractivity contribution < 1.29 is 14.3 Å². The summed E-state index contributed by atoms with van der Waals surface area (Å²) in [4.78, 5) is 31.7. The number of carbonyl (C=O) groups excluding carboxylic acids is 2. The number of nitrogens with one attached hydrogen (secondary N) is 2. The fourth-order valence-corrected chi connectivity index (χ4v) is 5.27. The van der Waals surface area contributed by atoms with Gasteiger partial charge in [0.15, 0.2) is 5.96 Å². The van der Waals surface area contributed by atoms with Crippen LogP contribution < -0.4 is 15.4 Å². The minimum atomic E-state index is -0.109. The summed E-state index contributed by atoms with van der Waals surface area (Å²) in [6.07, 6.45) is 5.94. The molecule has 1 heterocycles. The summed E-state index contributed by atoms with van der Waals surface area (Å²) in [6, 6.07) is 6.13. The first-order valence-corrected chi connectivity index (χ1v) is 11.8. The van der Waals surface area contributed by atoms with E-state index in [0.29, 0.717) is 32.7 Å². The third kappa shape index (κ3) is 4.38. The molecule has 1 saturated heterocycles. The minimum absolute atomic E-state index is 0.0308. The highest BCUT2D eigenvalue weighted by atomic mass is 16.5. The van der Waals surface area contributed by atoms with Crippen LogP contribution in [0.4, 0.5) is 0 Å². The second-order valence-corrected chi connectivity index (χ2v) is 8.84. The molecule has 1 aromatic carbocycles. The van der Waals surface area contributed by atoms with E-state index in [-0.39, 0.29) is 35.5 Å². The molecule has 7 heteroatoms. The Morgan fingerprint density at radius 1 is 1.12 bits per heavy atom. The molecule has 3 aliphatic rings. The van der Waals surface area contributed by atoms with Gasteiger partial charge in [0.25, 0.3) is 0 Å². The molecule has 4 atom stereocenters. The molecule has 2 N–H and O–H groups in total. The van der Waals surface area contributed by atoms with Gasteiger partial charge < -0.3 is 15.4 Å². The summed E-state index contributed by atoms with van der Waals surface area (Å²) in [5, 5.41) is 6.58. The van der Waals surface area contributed by atoms with Gasteiger partial charge >= 0.3 is 0 Å². The van der Waals surface area contributed by atoms with Crippen molar-refractivity contribution in [2.45, 2.75) is 40.2 Å². The van der Waals surface area contributed by atoms with E-state index < -0.39 is 0 Å². The molecular weight excluding hydrogens is 404 g/mol. The van der Waals surface area contributed by atoms with Crippen molar-refractivity contribution in [3.8, 4) is 5.75 Å². The SMILES string of the molecule is CCNC(=NCc1ccc(OCC)c(C)c1)NCCCN1C(=O)C2C3C=CC(C3)C2C1=O. The molecule has 2 bridgehead atoms. The standard InChI is InChI=1S/C25H34N4O3/c1-4-26-25(28-15-17-7-10-20(32-5-2)16(3)13-17)27-11-6-12-29-23(30)21-18-8-9-19(14-18)22(21)24(29)31/h7-10,13,18-19,21-22H,4-6,11-12,14-15H2,1-3H3,(H2,26,27,28). The van der Waals surface area contributed by atoms with Gasteiger partial charge in [-0.2, -0.15) is 0 Å². The number of hydrogen-bond donors (Lipinski definition) is 2. The number of rotatable bonds is 9. The van der Waals surface area contributed by atoms with Crippen molar-refractivity contribution in [1.82, 2.24) is 15.5 Å². The van der Waals surface area contributed by atoms with Gasteiger partial charge in [0.2, 0.25) is 11.8 Å². The van der Waals surface area contributed by atoms with E-state index in [1.165, 1.54) is 4.90 Å². The van der Waals surface area contributed by atoms with E-state index in [9.17, 15) is 9.59 Å². The number of carbonyl (C=O) groups is 2. The topological polar surface area (TPSA) is 83.0 Å². The smallest absolute Gasteiger partial charge is 0.233 e. The molecule has 4 rings (SSSR count). The molecule has 4 unspecified atom stereocenters. The molecule has 32 heavy (non-hydrogen) atoms. The number of hydrogen-bond acceptors (Lipinski definition) is 4. The van der Waals surface area contributed by atoms with Crippen LogP contribution in [0.1, 0.15) is 37.8 Å². The number of guanidine groups is 1. The van der Waals surface area contributed by atoms with E-state index in [2.05, 4.69) is 33.8 Å². The lowest BCUT2D eigenvalue weighted by atomic mass is 9.85. The maximum Gasteiger partial charge on any atom is 0.233 e. The highest BCUT2D eigenvalue weighted by Crippen LogP contribution is 2.52. The summed E-state index contributed by atoms with van der Waals surface area (Å²) in [5.74, 6) is 2.02. The van der Waals surface area contributed by atoms with Crippen LogP contribution in [0.5, 0.6) is 5.75 Å². The van der Waals surface area contributed by atoms with Gasteiger partial charge in [-0.15, -0.1) is 0 Å². The first kappa shape index (κ1) is 22.4. The number of aryl methyl sites for hydroxylation is 1. The average Bonchev–Trinajstić information content (AvgIpc) is 3.46. The molecule has 2 aliphatic carbocycles. The molecule has 0 radical (unpaired) electrons. The second kappa shape index (κ2) is 9.76. The number of benzene rings is 1. The number of allylic oxidation sites excluding steroid dienone is 2. The fourth-order valence-electron chi connectivity index (χ4n) is 5.27. The van der Waals surface area contributed by atoms with Crippen molar-refractivity contribution in [1.29, 1.82) is 0 Å². The summed E-state index contributed by atoms with van der Waals surface area (Å²) >= 11 is 0. The molecule has 0 spiro atoms. The quantitative estimate of drug-likeness (QED) is 0.204. The Bertz CT molecular complexity index is 896. The van der Waals surface area contributed by atoms with Crippen LogP contribution in [0.2, 0.25) is 0 Å². The van der Waals surface area contributed by atoms with Crippen molar-refractivity contribution in [3.05, 3.63) is 41.5 Å². The number of amides is 2.